The third kappa shape index (κ3) is 9.68. The minimum absolute atomic E-state index is 0.0287. The van der Waals surface area contributed by atoms with Crippen molar-refractivity contribution in [2.45, 2.75) is 68.9 Å². The molecule has 8 rings (SSSR count). The number of aromatic nitrogens is 2. The van der Waals surface area contributed by atoms with Gasteiger partial charge in [-0.2, -0.15) is 4.72 Å². The van der Waals surface area contributed by atoms with Crippen molar-refractivity contribution < 1.29 is 27.8 Å². The van der Waals surface area contributed by atoms with Crippen molar-refractivity contribution in [3.05, 3.63) is 191 Å². The number of aryl methyl sites for hydroxylation is 1. The predicted molar refractivity (Wildman–Crippen MR) is 227 cm³/mol. The number of para-hydroxylation sites is 2. The van der Waals surface area contributed by atoms with E-state index >= 15 is 0 Å². The van der Waals surface area contributed by atoms with Crippen LogP contribution in [0, 0.1) is 6.92 Å². The van der Waals surface area contributed by atoms with Crippen LogP contribution in [-0.4, -0.2) is 41.1 Å². The predicted octanol–water partition coefficient (Wildman–Crippen LogP) is 7.96. The molecule has 1 aliphatic rings. The number of ether oxygens (including phenoxy) is 2. The number of aliphatic hydroxyl groups is 1. The summed E-state index contributed by atoms with van der Waals surface area (Å²) in [4.78, 5) is 18.4. The van der Waals surface area contributed by atoms with E-state index in [1.54, 1.807) is 24.3 Å². The van der Waals surface area contributed by atoms with E-state index in [4.69, 9.17) is 9.47 Å². The van der Waals surface area contributed by atoms with Gasteiger partial charge in [-0.15, -0.1) is 0 Å². The first-order valence-corrected chi connectivity index (χ1v) is 21.2. The zero-order valence-electron chi connectivity index (χ0n) is 32.6. The van der Waals surface area contributed by atoms with Crippen molar-refractivity contribution in [1.29, 1.82) is 0 Å². The van der Waals surface area contributed by atoms with Crippen molar-refractivity contribution in [2.24, 2.45) is 0 Å². The number of aliphatic hydroxyl groups excluding tert-OH is 1. The number of nitrogens with zero attached hydrogens (tertiary/aromatic N) is 2. The fraction of sp³-hybridized carbons (Fsp3) is 0.208. The highest BCUT2D eigenvalue weighted by atomic mass is 32.2. The summed E-state index contributed by atoms with van der Waals surface area (Å²) in [6.07, 6.45) is 1.59. The van der Waals surface area contributed by atoms with E-state index in [1.807, 2.05) is 129 Å². The number of hydrogen-bond acceptors (Lipinski definition) is 7. The molecule has 0 saturated carbocycles. The van der Waals surface area contributed by atoms with Gasteiger partial charge in [0.2, 0.25) is 15.9 Å². The van der Waals surface area contributed by atoms with Crippen molar-refractivity contribution >= 4 is 27.0 Å². The lowest BCUT2D eigenvalue weighted by molar-refractivity contribution is -0.252. The Morgan fingerprint density at radius 1 is 0.780 bits per heavy atom. The van der Waals surface area contributed by atoms with E-state index in [-0.39, 0.29) is 36.7 Å². The van der Waals surface area contributed by atoms with Crippen LogP contribution in [0.1, 0.15) is 52.2 Å². The number of amides is 1. The highest BCUT2D eigenvalue weighted by Crippen LogP contribution is 2.39. The van der Waals surface area contributed by atoms with Gasteiger partial charge in [0.05, 0.1) is 47.6 Å². The molecule has 0 bridgehead atoms. The molecule has 7 aromatic rings. The van der Waals surface area contributed by atoms with Gasteiger partial charge >= 0.3 is 0 Å². The van der Waals surface area contributed by atoms with Gasteiger partial charge in [0, 0.05) is 18.5 Å². The molecule has 0 spiro atoms. The zero-order chi connectivity index (χ0) is 40.8. The summed E-state index contributed by atoms with van der Waals surface area (Å²) >= 11 is 0. The summed E-state index contributed by atoms with van der Waals surface area (Å²) in [6, 6.07) is 46.8. The van der Waals surface area contributed by atoms with Gasteiger partial charge in [-0.3, -0.25) is 4.79 Å². The number of sulfonamides is 1. The first kappa shape index (κ1) is 39.9. The van der Waals surface area contributed by atoms with E-state index in [0.29, 0.717) is 13.0 Å². The number of rotatable bonds is 14. The second-order valence-electron chi connectivity index (χ2n) is 15.0. The number of carbonyl (C=O) groups excluding carboxylic acids is 1. The first-order chi connectivity index (χ1) is 28.7. The quantitative estimate of drug-likeness (QED) is 0.102. The normalized spacial score (nSPS) is 17.4. The lowest BCUT2D eigenvalue weighted by Gasteiger charge is -2.36. The van der Waals surface area contributed by atoms with Crippen molar-refractivity contribution in [2.75, 3.05) is 0 Å². The van der Waals surface area contributed by atoms with Gasteiger partial charge in [0.1, 0.15) is 6.04 Å². The average Bonchev–Trinajstić information content (AvgIpc) is 3.68. The van der Waals surface area contributed by atoms with Crippen LogP contribution in [0.15, 0.2) is 163 Å². The van der Waals surface area contributed by atoms with Gasteiger partial charge < -0.3 is 24.5 Å². The maximum absolute atomic E-state index is 13.7. The molecule has 0 aliphatic carbocycles. The fourth-order valence-electron chi connectivity index (χ4n) is 7.46. The van der Waals surface area contributed by atoms with Crippen molar-refractivity contribution in [3.63, 3.8) is 0 Å². The van der Waals surface area contributed by atoms with Crippen LogP contribution in [0.3, 0.4) is 0 Å². The van der Waals surface area contributed by atoms with E-state index in [9.17, 15) is 18.3 Å². The Labute approximate surface area is 344 Å². The molecule has 1 saturated heterocycles. The minimum atomic E-state index is -3.97. The summed E-state index contributed by atoms with van der Waals surface area (Å²) in [5, 5.41) is 12.6. The second kappa shape index (κ2) is 17.9. The van der Waals surface area contributed by atoms with Crippen LogP contribution in [0.4, 0.5) is 0 Å². The Morgan fingerprint density at radius 3 is 2.27 bits per heavy atom. The second-order valence-corrected chi connectivity index (χ2v) is 16.7. The molecular formula is C48H46N4O6S. The molecule has 4 unspecified atom stereocenters. The molecule has 6 aromatic carbocycles. The Morgan fingerprint density at radius 2 is 1.49 bits per heavy atom. The molecule has 1 aliphatic heterocycles. The standard InChI is InChI=1S/C48H46N4O6S/c1-33-17-23-42(24-18-33)59(55,56)51-44(26-34-9-3-2-4-10-34)47(54)49-29-36-11-7-12-38(25-36)39-13-8-14-40(27-39)48-57-41(30-52-32-50-43-15-5-6-16-45(43)52)28-46(58-48)37-21-19-35(31-53)20-22-37/h2-25,27,32,41,44,46,48,51,53H,26,28-31H2,1H3,(H,49,54). The summed E-state index contributed by atoms with van der Waals surface area (Å²) in [7, 11) is -3.97. The van der Waals surface area contributed by atoms with Gasteiger partial charge in [0.15, 0.2) is 6.29 Å². The molecule has 3 N–H and O–H groups in total. The van der Waals surface area contributed by atoms with Gasteiger partial charge in [-0.25, -0.2) is 13.4 Å². The third-order valence-corrected chi connectivity index (χ3v) is 12.1. The summed E-state index contributed by atoms with van der Waals surface area (Å²) in [6.45, 7) is 2.65. The average molecular weight is 807 g/mol. The molecule has 10 nitrogen and oxygen atoms in total. The smallest absolute Gasteiger partial charge is 0.241 e. The molecule has 300 valence electrons. The fourth-order valence-corrected chi connectivity index (χ4v) is 8.65. The Bertz CT molecular complexity index is 2630. The Hall–Kier alpha value is -5.95. The van der Waals surface area contributed by atoms with Crippen LogP contribution >= 0.6 is 0 Å². The third-order valence-electron chi connectivity index (χ3n) is 10.7. The van der Waals surface area contributed by atoms with E-state index < -0.39 is 28.3 Å². The molecular weight excluding hydrogens is 761 g/mol. The number of benzene rings is 6. The Kier molecular flexibility index (Phi) is 12.1. The molecule has 4 atom stereocenters. The summed E-state index contributed by atoms with van der Waals surface area (Å²) < 4.78 is 44.9. The minimum Gasteiger partial charge on any atom is -0.392 e. The number of imidazole rings is 1. The zero-order valence-corrected chi connectivity index (χ0v) is 33.5. The molecule has 59 heavy (non-hydrogen) atoms. The lowest BCUT2D eigenvalue weighted by atomic mass is 9.98. The molecule has 0 radical (unpaired) electrons. The number of carbonyl (C=O) groups is 1. The summed E-state index contributed by atoms with van der Waals surface area (Å²) in [5.41, 5.74) is 9.18. The van der Waals surface area contributed by atoms with Crippen LogP contribution < -0.4 is 10.0 Å². The van der Waals surface area contributed by atoms with E-state index in [0.717, 1.165) is 55.5 Å². The topological polar surface area (TPSA) is 132 Å². The number of nitrogens with one attached hydrogen (secondary N) is 2. The number of hydrogen-bond donors (Lipinski definition) is 3. The maximum atomic E-state index is 13.7. The van der Waals surface area contributed by atoms with Gasteiger partial charge in [0.25, 0.3) is 0 Å². The molecule has 1 aromatic heterocycles. The molecule has 1 amide bonds. The monoisotopic (exact) mass is 806 g/mol. The van der Waals surface area contributed by atoms with Crippen molar-refractivity contribution in [1.82, 2.24) is 19.6 Å². The molecule has 1 fully saturated rings. The lowest BCUT2D eigenvalue weighted by Crippen LogP contribution is -2.47. The first-order valence-electron chi connectivity index (χ1n) is 19.7. The highest BCUT2D eigenvalue weighted by Gasteiger charge is 2.33. The highest BCUT2D eigenvalue weighted by molar-refractivity contribution is 7.89. The van der Waals surface area contributed by atoms with Gasteiger partial charge in [-0.1, -0.05) is 121 Å². The van der Waals surface area contributed by atoms with Crippen LogP contribution in [0.25, 0.3) is 22.2 Å². The van der Waals surface area contributed by atoms with Gasteiger partial charge in [-0.05, 0) is 83.1 Å². The molecule has 2 heterocycles. The van der Waals surface area contributed by atoms with E-state index in [2.05, 4.69) is 31.7 Å². The maximum Gasteiger partial charge on any atom is 0.241 e. The molecule has 11 heteroatoms. The van der Waals surface area contributed by atoms with E-state index in [1.165, 1.54) is 0 Å². The largest absolute Gasteiger partial charge is 0.392 e. The van der Waals surface area contributed by atoms with Crippen molar-refractivity contribution in [3.8, 4) is 11.1 Å². The van der Waals surface area contributed by atoms with Crippen LogP contribution in [0.2, 0.25) is 0 Å². The van der Waals surface area contributed by atoms with Crippen LogP contribution in [-0.2, 0) is 50.4 Å². The number of fused-ring (bicyclic) bond motifs is 1. The Balaban J connectivity index is 0.997. The van der Waals surface area contributed by atoms with Crippen LogP contribution in [0.5, 0.6) is 0 Å². The SMILES string of the molecule is Cc1ccc(S(=O)(=O)NC(Cc2ccccc2)C(=O)NCc2cccc(-c3cccc(C4OC(Cn5cnc6ccccc65)CC(c5ccc(CO)cc5)O4)c3)c2)cc1. The summed E-state index contributed by atoms with van der Waals surface area (Å²) in [5.74, 6) is -0.428.